The number of benzene rings is 2. The minimum atomic E-state index is 0.0254. The SMILES string of the molecule is Cn1c(C(=O)N(CCc2ccccc2)CC2CCCN2C=O)cc2ccccc21. The minimum absolute atomic E-state index is 0.0254. The van der Waals surface area contributed by atoms with Crippen molar-refractivity contribution in [3.8, 4) is 0 Å². The summed E-state index contributed by atoms with van der Waals surface area (Å²) < 4.78 is 1.97. The van der Waals surface area contributed by atoms with Crippen molar-refractivity contribution < 1.29 is 9.59 Å². The summed E-state index contributed by atoms with van der Waals surface area (Å²) in [6, 6.07) is 20.3. The molecule has 1 aromatic heterocycles. The van der Waals surface area contributed by atoms with Crippen molar-refractivity contribution in [1.82, 2.24) is 14.4 Å². The van der Waals surface area contributed by atoms with Crippen molar-refractivity contribution in [2.75, 3.05) is 19.6 Å². The van der Waals surface area contributed by atoms with Gasteiger partial charge in [0.1, 0.15) is 5.69 Å². The molecule has 29 heavy (non-hydrogen) atoms. The van der Waals surface area contributed by atoms with Crippen LogP contribution in [0.3, 0.4) is 0 Å². The van der Waals surface area contributed by atoms with Crippen LogP contribution in [0.4, 0.5) is 0 Å². The highest BCUT2D eigenvalue weighted by Crippen LogP contribution is 2.22. The molecule has 1 atom stereocenters. The maximum Gasteiger partial charge on any atom is 0.270 e. The van der Waals surface area contributed by atoms with Gasteiger partial charge in [-0.2, -0.15) is 0 Å². The number of amides is 2. The summed E-state index contributed by atoms with van der Waals surface area (Å²) in [5, 5.41) is 1.07. The van der Waals surface area contributed by atoms with Crippen LogP contribution in [-0.2, 0) is 18.3 Å². The second kappa shape index (κ2) is 8.52. The number of carbonyl (C=O) groups is 2. The Bertz CT molecular complexity index is 996. The summed E-state index contributed by atoms with van der Waals surface area (Å²) in [5.41, 5.74) is 2.95. The second-order valence-electron chi connectivity index (χ2n) is 7.77. The Morgan fingerprint density at radius 2 is 1.90 bits per heavy atom. The maximum atomic E-state index is 13.5. The Balaban J connectivity index is 1.59. The summed E-state index contributed by atoms with van der Waals surface area (Å²) >= 11 is 0. The van der Waals surface area contributed by atoms with Crippen molar-refractivity contribution in [1.29, 1.82) is 0 Å². The van der Waals surface area contributed by atoms with E-state index in [0.717, 1.165) is 43.1 Å². The summed E-state index contributed by atoms with van der Waals surface area (Å²) in [7, 11) is 1.94. The van der Waals surface area contributed by atoms with E-state index in [1.807, 2.05) is 69.9 Å². The lowest BCUT2D eigenvalue weighted by molar-refractivity contribution is -0.119. The Labute approximate surface area is 171 Å². The van der Waals surface area contributed by atoms with Gasteiger partial charge in [-0.05, 0) is 37.0 Å². The number of hydrogen-bond acceptors (Lipinski definition) is 2. The number of aromatic nitrogens is 1. The fourth-order valence-electron chi connectivity index (χ4n) is 4.29. The highest BCUT2D eigenvalue weighted by atomic mass is 16.2. The van der Waals surface area contributed by atoms with Crippen LogP contribution in [-0.4, -0.2) is 52.4 Å². The molecular weight excluding hydrogens is 362 g/mol. The molecule has 2 amide bonds. The molecule has 3 aromatic rings. The third kappa shape index (κ3) is 4.04. The van der Waals surface area contributed by atoms with Gasteiger partial charge in [0, 0.05) is 43.6 Å². The van der Waals surface area contributed by atoms with Crippen molar-refractivity contribution in [3.63, 3.8) is 0 Å². The standard InChI is InChI=1S/C24H27N3O2/c1-25-22-12-6-5-10-20(22)16-23(25)24(29)26(15-13-19-8-3-2-4-9-19)17-21-11-7-14-27(21)18-28/h2-6,8-10,12,16,18,21H,7,11,13-15,17H2,1H3. The molecule has 0 N–H and O–H groups in total. The second-order valence-corrected chi connectivity index (χ2v) is 7.77. The molecule has 5 nitrogen and oxygen atoms in total. The van der Waals surface area contributed by atoms with Gasteiger partial charge in [-0.1, -0.05) is 48.5 Å². The highest BCUT2D eigenvalue weighted by Gasteiger charge is 2.28. The lowest BCUT2D eigenvalue weighted by Gasteiger charge is -2.29. The Morgan fingerprint density at radius 3 is 2.66 bits per heavy atom. The molecule has 0 saturated carbocycles. The molecule has 5 heteroatoms. The van der Waals surface area contributed by atoms with Crippen LogP contribution in [0.2, 0.25) is 0 Å². The van der Waals surface area contributed by atoms with Gasteiger partial charge in [-0.25, -0.2) is 0 Å². The molecular formula is C24H27N3O2. The zero-order valence-corrected chi connectivity index (χ0v) is 16.8. The van der Waals surface area contributed by atoms with Gasteiger partial charge >= 0.3 is 0 Å². The van der Waals surface area contributed by atoms with Gasteiger partial charge in [-0.3, -0.25) is 9.59 Å². The van der Waals surface area contributed by atoms with Gasteiger partial charge in [0.25, 0.3) is 5.91 Å². The Kier molecular flexibility index (Phi) is 5.65. The number of hydrogen-bond donors (Lipinski definition) is 0. The molecule has 0 radical (unpaired) electrons. The van der Waals surface area contributed by atoms with Crippen LogP contribution in [0.25, 0.3) is 10.9 Å². The first-order chi connectivity index (χ1) is 14.2. The van der Waals surface area contributed by atoms with E-state index in [4.69, 9.17) is 0 Å². The molecule has 1 aliphatic rings. The van der Waals surface area contributed by atoms with E-state index in [0.29, 0.717) is 18.8 Å². The molecule has 1 fully saturated rings. The summed E-state index contributed by atoms with van der Waals surface area (Å²) in [4.78, 5) is 28.7. The first-order valence-electron chi connectivity index (χ1n) is 10.3. The zero-order chi connectivity index (χ0) is 20.2. The van der Waals surface area contributed by atoms with Crippen LogP contribution in [0.15, 0.2) is 60.7 Å². The van der Waals surface area contributed by atoms with Crippen molar-refractivity contribution in [3.05, 3.63) is 71.9 Å². The number of para-hydroxylation sites is 1. The quantitative estimate of drug-likeness (QED) is 0.581. The van der Waals surface area contributed by atoms with Crippen LogP contribution >= 0.6 is 0 Å². The highest BCUT2D eigenvalue weighted by molar-refractivity contribution is 5.98. The maximum absolute atomic E-state index is 13.5. The zero-order valence-electron chi connectivity index (χ0n) is 16.8. The topological polar surface area (TPSA) is 45.6 Å². The van der Waals surface area contributed by atoms with Gasteiger partial charge in [-0.15, -0.1) is 0 Å². The van der Waals surface area contributed by atoms with Crippen molar-refractivity contribution in [2.45, 2.75) is 25.3 Å². The lowest BCUT2D eigenvalue weighted by atomic mass is 10.1. The van der Waals surface area contributed by atoms with E-state index < -0.39 is 0 Å². The molecule has 0 spiro atoms. The van der Waals surface area contributed by atoms with Gasteiger partial charge in [0.05, 0.1) is 0 Å². The van der Waals surface area contributed by atoms with Crippen molar-refractivity contribution in [2.24, 2.45) is 7.05 Å². The van der Waals surface area contributed by atoms with Crippen LogP contribution in [0, 0.1) is 0 Å². The van der Waals surface area contributed by atoms with E-state index in [2.05, 4.69) is 12.1 Å². The molecule has 0 bridgehead atoms. The number of nitrogens with zero attached hydrogens (tertiary/aromatic N) is 3. The molecule has 2 heterocycles. The first kappa shape index (κ1) is 19.2. The van der Waals surface area contributed by atoms with E-state index in [9.17, 15) is 9.59 Å². The minimum Gasteiger partial charge on any atom is -0.340 e. The lowest BCUT2D eigenvalue weighted by Crippen LogP contribution is -2.44. The first-order valence-corrected chi connectivity index (χ1v) is 10.3. The number of carbonyl (C=O) groups excluding carboxylic acids is 2. The van der Waals surface area contributed by atoms with E-state index in [-0.39, 0.29) is 11.9 Å². The van der Waals surface area contributed by atoms with Crippen LogP contribution in [0.5, 0.6) is 0 Å². The fraction of sp³-hybridized carbons (Fsp3) is 0.333. The third-order valence-corrected chi connectivity index (χ3v) is 5.96. The van der Waals surface area contributed by atoms with E-state index in [1.165, 1.54) is 5.56 Å². The number of fused-ring (bicyclic) bond motifs is 1. The molecule has 4 rings (SSSR count). The van der Waals surface area contributed by atoms with Gasteiger partial charge in [0.15, 0.2) is 0 Å². The predicted molar refractivity (Wildman–Crippen MR) is 115 cm³/mol. The summed E-state index contributed by atoms with van der Waals surface area (Å²) in [5.74, 6) is 0.0254. The molecule has 1 aliphatic heterocycles. The monoisotopic (exact) mass is 389 g/mol. The number of likely N-dealkylation sites (tertiary alicyclic amines) is 1. The molecule has 1 unspecified atom stereocenters. The van der Waals surface area contributed by atoms with Crippen LogP contribution < -0.4 is 0 Å². The molecule has 0 aliphatic carbocycles. The van der Waals surface area contributed by atoms with E-state index in [1.54, 1.807) is 0 Å². The largest absolute Gasteiger partial charge is 0.340 e. The third-order valence-electron chi connectivity index (χ3n) is 5.96. The Morgan fingerprint density at radius 1 is 1.14 bits per heavy atom. The van der Waals surface area contributed by atoms with Gasteiger partial charge in [0.2, 0.25) is 6.41 Å². The predicted octanol–water partition coefficient (Wildman–Crippen LogP) is 3.48. The fourth-order valence-corrected chi connectivity index (χ4v) is 4.29. The summed E-state index contributed by atoms with van der Waals surface area (Å²) in [6.07, 6.45) is 3.67. The molecule has 150 valence electrons. The molecule has 2 aromatic carbocycles. The summed E-state index contributed by atoms with van der Waals surface area (Å²) in [6.45, 7) is 1.99. The van der Waals surface area contributed by atoms with Gasteiger partial charge < -0.3 is 14.4 Å². The number of rotatable bonds is 7. The smallest absolute Gasteiger partial charge is 0.270 e. The van der Waals surface area contributed by atoms with Crippen LogP contribution in [0.1, 0.15) is 28.9 Å². The number of aryl methyl sites for hydroxylation is 1. The average molecular weight is 389 g/mol. The van der Waals surface area contributed by atoms with Crippen molar-refractivity contribution >= 4 is 23.2 Å². The average Bonchev–Trinajstić information content (AvgIpc) is 3.35. The Hall–Kier alpha value is -3.08. The molecule has 1 saturated heterocycles. The normalized spacial score (nSPS) is 16.3. The van der Waals surface area contributed by atoms with E-state index >= 15 is 0 Å².